The van der Waals surface area contributed by atoms with Gasteiger partial charge in [-0.3, -0.25) is 4.79 Å². The van der Waals surface area contributed by atoms with E-state index in [0.717, 1.165) is 11.1 Å². The fourth-order valence-corrected chi connectivity index (χ4v) is 2.68. The van der Waals surface area contributed by atoms with Crippen molar-refractivity contribution in [3.05, 3.63) is 42.7 Å². The van der Waals surface area contributed by atoms with E-state index < -0.39 is 0 Å². The maximum atomic E-state index is 12.7. The summed E-state index contributed by atoms with van der Waals surface area (Å²) in [5.74, 6) is -0.0339. The lowest BCUT2D eigenvalue weighted by atomic mass is 10.1. The zero-order valence-electron chi connectivity index (χ0n) is 11.8. The molecule has 7 heteroatoms. The van der Waals surface area contributed by atoms with E-state index in [2.05, 4.69) is 10.1 Å². The Bertz CT molecular complexity index is 803. The third-order valence-electron chi connectivity index (χ3n) is 3.79. The Hall–Kier alpha value is -2.67. The van der Waals surface area contributed by atoms with Crippen LogP contribution in [0.5, 0.6) is 0 Å². The normalized spacial score (nSPS) is 15.4. The van der Waals surface area contributed by atoms with E-state index in [9.17, 15) is 4.79 Å². The van der Waals surface area contributed by atoms with E-state index in [-0.39, 0.29) is 5.91 Å². The minimum atomic E-state index is -0.0339. The number of carbonyl (C=O) groups is 1. The predicted molar refractivity (Wildman–Crippen MR) is 77.9 cm³/mol. The Labute approximate surface area is 126 Å². The molecule has 0 radical (unpaired) electrons. The number of nitrogens with zero attached hydrogens (tertiary/aromatic N) is 4. The first-order valence-corrected chi connectivity index (χ1v) is 7.07. The van der Waals surface area contributed by atoms with Crippen LogP contribution in [0.2, 0.25) is 0 Å². The minimum Gasteiger partial charge on any atom is -0.463 e. The zero-order chi connectivity index (χ0) is 14.9. The van der Waals surface area contributed by atoms with Crippen molar-refractivity contribution in [2.24, 2.45) is 0 Å². The summed E-state index contributed by atoms with van der Waals surface area (Å²) in [7, 11) is 0. The molecule has 3 heterocycles. The molecular formula is C15H14N4O3. The van der Waals surface area contributed by atoms with E-state index in [1.807, 2.05) is 12.1 Å². The summed E-state index contributed by atoms with van der Waals surface area (Å²) in [4.78, 5) is 18.4. The maximum absolute atomic E-state index is 12.7. The molecule has 22 heavy (non-hydrogen) atoms. The number of hydrogen-bond acceptors (Lipinski definition) is 5. The third-order valence-corrected chi connectivity index (χ3v) is 3.79. The standard InChI is InChI=1S/C15H14N4O3/c20-15(18-4-7-21-8-5-18)12-1-2-13(19-10-16-9-17-19)11-3-6-22-14(11)12/h1-3,6,9-10H,4-5,7-8H2. The minimum absolute atomic E-state index is 0.0339. The van der Waals surface area contributed by atoms with Crippen LogP contribution in [0.25, 0.3) is 16.7 Å². The molecule has 1 saturated heterocycles. The number of hydrogen-bond donors (Lipinski definition) is 0. The number of ether oxygens (including phenoxy) is 1. The lowest BCUT2D eigenvalue weighted by molar-refractivity contribution is 0.0303. The predicted octanol–water partition coefficient (Wildman–Crippen LogP) is 1.49. The van der Waals surface area contributed by atoms with Gasteiger partial charge in [-0.05, 0) is 18.2 Å². The summed E-state index contributed by atoms with van der Waals surface area (Å²) in [5.41, 5.74) is 1.97. The zero-order valence-corrected chi connectivity index (χ0v) is 11.8. The van der Waals surface area contributed by atoms with Crippen molar-refractivity contribution in [1.82, 2.24) is 19.7 Å². The largest absolute Gasteiger partial charge is 0.463 e. The van der Waals surface area contributed by atoms with Gasteiger partial charge in [-0.25, -0.2) is 9.67 Å². The van der Waals surface area contributed by atoms with Gasteiger partial charge in [0.25, 0.3) is 5.91 Å². The molecule has 1 aromatic carbocycles. The second-order valence-corrected chi connectivity index (χ2v) is 5.04. The fraction of sp³-hybridized carbons (Fsp3) is 0.267. The number of morpholine rings is 1. The van der Waals surface area contributed by atoms with Crippen molar-refractivity contribution in [2.75, 3.05) is 26.3 Å². The highest BCUT2D eigenvalue weighted by molar-refractivity contribution is 6.06. The molecule has 0 unspecified atom stereocenters. The number of rotatable bonds is 2. The summed E-state index contributed by atoms with van der Waals surface area (Å²) in [6.07, 6.45) is 4.67. The smallest absolute Gasteiger partial charge is 0.257 e. The lowest BCUT2D eigenvalue weighted by Crippen LogP contribution is -2.40. The molecule has 0 aliphatic carbocycles. The van der Waals surface area contributed by atoms with Crippen molar-refractivity contribution in [3.8, 4) is 5.69 Å². The molecule has 1 amide bonds. The first-order chi connectivity index (χ1) is 10.8. The van der Waals surface area contributed by atoms with Crippen LogP contribution in [-0.2, 0) is 4.74 Å². The Morgan fingerprint density at radius 1 is 1.18 bits per heavy atom. The van der Waals surface area contributed by atoms with Gasteiger partial charge in [-0.1, -0.05) is 0 Å². The van der Waals surface area contributed by atoms with Gasteiger partial charge in [-0.15, -0.1) is 0 Å². The van der Waals surface area contributed by atoms with E-state index in [0.29, 0.717) is 37.4 Å². The average molecular weight is 298 g/mol. The molecule has 1 fully saturated rings. The van der Waals surface area contributed by atoms with Crippen molar-refractivity contribution < 1.29 is 13.9 Å². The molecule has 112 valence electrons. The summed E-state index contributed by atoms with van der Waals surface area (Å²) in [6.45, 7) is 2.35. The topological polar surface area (TPSA) is 73.4 Å². The average Bonchev–Trinajstić information content (AvgIpc) is 3.25. The van der Waals surface area contributed by atoms with Crippen molar-refractivity contribution in [3.63, 3.8) is 0 Å². The monoisotopic (exact) mass is 298 g/mol. The quantitative estimate of drug-likeness (QED) is 0.716. The van der Waals surface area contributed by atoms with Crippen LogP contribution in [0, 0.1) is 0 Å². The molecular weight excluding hydrogens is 284 g/mol. The van der Waals surface area contributed by atoms with Gasteiger partial charge < -0.3 is 14.1 Å². The number of fused-ring (bicyclic) bond motifs is 1. The molecule has 0 spiro atoms. The first-order valence-electron chi connectivity index (χ1n) is 7.07. The molecule has 0 bridgehead atoms. The van der Waals surface area contributed by atoms with Crippen LogP contribution < -0.4 is 0 Å². The highest BCUT2D eigenvalue weighted by Crippen LogP contribution is 2.27. The number of carbonyl (C=O) groups excluding carboxylic acids is 1. The summed E-state index contributed by atoms with van der Waals surface area (Å²) >= 11 is 0. The maximum Gasteiger partial charge on any atom is 0.257 e. The van der Waals surface area contributed by atoms with E-state index in [4.69, 9.17) is 9.15 Å². The van der Waals surface area contributed by atoms with Gasteiger partial charge in [0, 0.05) is 18.5 Å². The molecule has 0 saturated carbocycles. The van der Waals surface area contributed by atoms with Gasteiger partial charge in [-0.2, -0.15) is 5.10 Å². The van der Waals surface area contributed by atoms with Crippen molar-refractivity contribution in [2.45, 2.75) is 0 Å². The molecule has 0 N–H and O–H groups in total. The Balaban J connectivity index is 1.78. The van der Waals surface area contributed by atoms with Crippen molar-refractivity contribution >= 4 is 16.9 Å². The van der Waals surface area contributed by atoms with Gasteiger partial charge in [0.1, 0.15) is 18.2 Å². The SMILES string of the molecule is O=C(c1ccc(-n2cncn2)c2ccoc12)N1CCOCC1. The number of benzene rings is 1. The lowest BCUT2D eigenvalue weighted by Gasteiger charge is -2.26. The van der Waals surface area contributed by atoms with Gasteiger partial charge in [0.2, 0.25) is 0 Å². The van der Waals surface area contributed by atoms with E-state index >= 15 is 0 Å². The van der Waals surface area contributed by atoms with E-state index in [1.165, 1.54) is 6.33 Å². The number of aromatic nitrogens is 3. The molecule has 1 aliphatic rings. The van der Waals surface area contributed by atoms with E-state index in [1.54, 1.807) is 28.2 Å². The molecule has 1 aliphatic heterocycles. The summed E-state index contributed by atoms with van der Waals surface area (Å²) < 4.78 is 12.5. The highest BCUT2D eigenvalue weighted by Gasteiger charge is 2.23. The second kappa shape index (κ2) is 5.27. The fourth-order valence-electron chi connectivity index (χ4n) is 2.68. The number of furan rings is 1. The van der Waals surface area contributed by atoms with Gasteiger partial charge in [0.15, 0.2) is 0 Å². The molecule has 0 atom stereocenters. The van der Waals surface area contributed by atoms with Gasteiger partial charge >= 0.3 is 0 Å². The highest BCUT2D eigenvalue weighted by atomic mass is 16.5. The number of amides is 1. The molecule has 7 nitrogen and oxygen atoms in total. The summed E-state index contributed by atoms with van der Waals surface area (Å²) in [6, 6.07) is 5.48. The van der Waals surface area contributed by atoms with Gasteiger partial charge in [0.05, 0.1) is 30.7 Å². The van der Waals surface area contributed by atoms with Crippen LogP contribution in [0.3, 0.4) is 0 Å². The Morgan fingerprint density at radius 2 is 2.05 bits per heavy atom. The first kappa shape index (κ1) is 13.0. The summed E-state index contributed by atoms with van der Waals surface area (Å²) in [5, 5.41) is 4.97. The molecule has 2 aromatic heterocycles. The van der Waals surface area contributed by atoms with Crippen LogP contribution in [0.1, 0.15) is 10.4 Å². The van der Waals surface area contributed by atoms with Crippen LogP contribution >= 0.6 is 0 Å². The molecule has 3 aromatic rings. The molecule has 4 rings (SSSR count). The van der Waals surface area contributed by atoms with Crippen LogP contribution in [0.15, 0.2) is 41.5 Å². The Kier molecular flexibility index (Phi) is 3.12. The third kappa shape index (κ3) is 2.06. The Morgan fingerprint density at radius 3 is 2.82 bits per heavy atom. The van der Waals surface area contributed by atoms with Crippen molar-refractivity contribution in [1.29, 1.82) is 0 Å². The second-order valence-electron chi connectivity index (χ2n) is 5.04. The van der Waals surface area contributed by atoms with Crippen LogP contribution in [-0.4, -0.2) is 51.9 Å². The van der Waals surface area contributed by atoms with Crippen LogP contribution in [0.4, 0.5) is 0 Å².